The van der Waals surface area contributed by atoms with E-state index in [1.54, 1.807) is 4.68 Å². The zero-order chi connectivity index (χ0) is 12.7. The lowest BCUT2D eigenvalue weighted by molar-refractivity contribution is 0.0145. The van der Waals surface area contributed by atoms with Crippen LogP contribution in [0.25, 0.3) is 0 Å². The lowest BCUT2D eigenvalue weighted by Gasteiger charge is -2.15. The van der Waals surface area contributed by atoms with Crippen molar-refractivity contribution >= 4 is 0 Å². The van der Waals surface area contributed by atoms with Gasteiger partial charge in [0.2, 0.25) is 0 Å². The molecule has 0 aliphatic carbocycles. The summed E-state index contributed by atoms with van der Waals surface area (Å²) in [6.45, 7) is -0.186. The van der Waals surface area contributed by atoms with Crippen molar-refractivity contribution in [3.05, 3.63) is 12.2 Å². The minimum atomic E-state index is -2.40. The number of nitrogens with zero attached hydrogens (tertiary/aromatic N) is 3. The van der Waals surface area contributed by atoms with Crippen molar-refractivity contribution in [1.29, 1.82) is 0 Å². The van der Waals surface area contributed by atoms with E-state index in [0.717, 1.165) is 5.82 Å². The van der Waals surface area contributed by atoms with Crippen LogP contribution in [0.4, 0.5) is 8.78 Å². The van der Waals surface area contributed by atoms with Crippen molar-refractivity contribution in [2.24, 2.45) is 7.05 Å². The van der Waals surface area contributed by atoms with Crippen LogP contribution in [0.2, 0.25) is 0 Å². The lowest BCUT2D eigenvalue weighted by atomic mass is 10.1. The van der Waals surface area contributed by atoms with Gasteiger partial charge in [0.25, 0.3) is 6.43 Å². The van der Waals surface area contributed by atoms with Crippen molar-refractivity contribution in [1.82, 2.24) is 20.1 Å². The average molecular weight is 248 g/mol. The summed E-state index contributed by atoms with van der Waals surface area (Å²) < 4.78 is 30.2. The predicted molar refractivity (Wildman–Crippen MR) is 59.0 cm³/mol. The molecule has 0 radical (unpaired) electrons. The first-order valence-electron chi connectivity index (χ1n) is 5.49. The van der Waals surface area contributed by atoms with E-state index >= 15 is 0 Å². The predicted octanol–water partition coefficient (Wildman–Crippen LogP) is 0.617. The highest BCUT2D eigenvalue weighted by Crippen LogP contribution is 2.03. The highest BCUT2D eigenvalue weighted by atomic mass is 19.3. The second-order valence-electron chi connectivity index (χ2n) is 3.74. The van der Waals surface area contributed by atoms with E-state index in [2.05, 4.69) is 15.4 Å². The first-order chi connectivity index (χ1) is 8.13. The number of hydrogen-bond donors (Lipinski definition) is 1. The fraction of sp³-hybridized carbons (Fsp3) is 0.800. The molecule has 0 saturated heterocycles. The minimum Gasteiger partial charge on any atom is -0.375 e. The third-order valence-electron chi connectivity index (χ3n) is 2.50. The zero-order valence-electron chi connectivity index (χ0n) is 10.1. The monoisotopic (exact) mass is 248 g/mol. The number of likely N-dealkylation sites (N-methyl/N-ethyl adjacent to an activating group) is 1. The van der Waals surface area contributed by atoms with E-state index in [0.29, 0.717) is 19.4 Å². The summed E-state index contributed by atoms with van der Waals surface area (Å²) in [5.41, 5.74) is 0. The number of alkyl halides is 2. The molecule has 17 heavy (non-hydrogen) atoms. The molecule has 1 rings (SSSR count). The molecule has 1 heterocycles. The van der Waals surface area contributed by atoms with Crippen LogP contribution >= 0.6 is 0 Å². The maximum atomic E-state index is 11.8. The molecule has 1 atom stereocenters. The van der Waals surface area contributed by atoms with Gasteiger partial charge >= 0.3 is 0 Å². The van der Waals surface area contributed by atoms with E-state index < -0.39 is 13.0 Å². The fourth-order valence-electron chi connectivity index (χ4n) is 1.47. The Morgan fingerprint density at radius 1 is 1.53 bits per heavy atom. The van der Waals surface area contributed by atoms with Gasteiger partial charge in [-0.15, -0.1) is 0 Å². The number of ether oxygens (including phenoxy) is 1. The standard InChI is InChI=1S/C10H18F2N4O/c1-13-8(3-4-17-6-9(11)12)5-10-14-7-15-16(10)2/h7-9,13H,3-6H2,1-2H3. The maximum absolute atomic E-state index is 11.8. The normalized spacial score (nSPS) is 13.2. The van der Waals surface area contributed by atoms with Gasteiger partial charge in [0.15, 0.2) is 0 Å². The first kappa shape index (κ1) is 14.0. The van der Waals surface area contributed by atoms with Crippen molar-refractivity contribution in [3.8, 4) is 0 Å². The van der Waals surface area contributed by atoms with Crippen LogP contribution < -0.4 is 5.32 Å². The number of aromatic nitrogens is 3. The summed E-state index contributed by atoms with van der Waals surface area (Å²) in [6.07, 6.45) is 0.456. The van der Waals surface area contributed by atoms with Gasteiger partial charge in [-0.05, 0) is 13.5 Å². The Hall–Kier alpha value is -1.08. The Morgan fingerprint density at radius 2 is 2.29 bits per heavy atom. The van der Waals surface area contributed by atoms with Crippen LogP contribution in [0.15, 0.2) is 6.33 Å². The van der Waals surface area contributed by atoms with Crippen molar-refractivity contribution in [3.63, 3.8) is 0 Å². The van der Waals surface area contributed by atoms with Crippen LogP contribution in [-0.2, 0) is 18.2 Å². The third-order valence-corrected chi connectivity index (χ3v) is 2.50. The molecule has 0 fully saturated rings. The molecule has 7 heteroatoms. The molecular weight excluding hydrogens is 230 g/mol. The smallest absolute Gasteiger partial charge is 0.261 e. The number of halogens is 2. The van der Waals surface area contributed by atoms with Crippen LogP contribution in [0.5, 0.6) is 0 Å². The molecular formula is C10H18F2N4O. The molecule has 1 unspecified atom stereocenters. The molecule has 1 aromatic rings. The maximum Gasteiger partial charge on any atom is 0.261 e. The van der Waals surface area contributed by atoms with Gasteiger partial charge in [-0.25, -0.2) is 13.8 Å². The van der Waals surface area contributed by atoms with E-state index in [4.69, 9.17) is 4.74 Å². The molecule has 0 aliphatic heterocycles. The molecule has 0 aliphatic rings. The summed E-state index contributed by atoms with van der Waals surface area (Å²) in [5.74, 6) is 0.859. The van der Waals surface area contributed by atoms with Gasteiger partial charge < -0.3 is 10.1 Å². The number of rotatable bonds is 8. The largest absolute Gasteiger partial charge is 0.375 e. The number of hydrogen-bond acceptors (Lipinski definition) is 4. The summed E-state index contributed by atoms with van der Waals surface area (Å²) in [4.78, 5) is 4.11. The molecule has 98 valence electrons. The third kappa shape index (κ3) is 5.18. The van der Waals surface area contributed by atoms with Crippen LogP contribution in [0.1, 0.15) is 12.2 Å². The molecule has 1 aromatic heterocycles. The second-order valence-corrected chi connectivity index (χ2v) is 3.74. The van der Waals surface area contributed by atoms with E-state index in [1.165, 1.54) is 6.33 Å². The Bertz CT molecular complexity index is 319. The van der Waals surface area contributed by atoms with Gasteiger partial charge in [-0.2, -0.15) is 5.10 Å². The topological polar surface area (TPSA) is 52.0 Å². The summed E-state index contributed by atoms with van der Waals surface area (Å²) in [6, 6.07) is 0.149. The molecule has 0 aromatic carbocycles. The highest BCUT2D eigenvalue weighted by molar-refractivity contribution is 4.88. The molecule has 1 N–H and O–H groups in total. The first-order valence-corrected chi connectivity index (χ1v) is 5.49. The number of nitrogens with one attached hydrogen (secondary N) is 1. The Labute approximate surface area is 99.2 Å². The Kier molecular flexibility index (Phi) is 5.99. The van der Waals surface area contributed by atoms with Gasteiger partial charge in [0.05, 0.1) is 0 Å². The SMILES string of the molecule is CNC(CCOCC(F)F)Cc1ncnn1C. The highest BCUT2D eigenvalue weighted by Gasteiger charge is 2.11. The van der Waals surface area contributed by atoms with E-state index in [-0.39, 0.29) is 6.04 Å². The quantitative estimate of drug-likeness (QED) is 0.685. The molecule has 0 saturated carbocycles. The molecule has 0 spiro atoms. The van der Waals surface area contributed by atoms with Crippen molar-refractivity contribution in [2.75, 3.05) is 20.3 Å². The van der Waals surface area contributed by atoms with Gasteiger partial charge in [0, 0.05) is 26.1 Å². The molecule has 5 nitrogen and oxygen atoms in total. The number of aryl methyl sites for hydroxylation is 1. The van der Waals surface area contributed by atoms with E-state index in [9.17, 15) is 8.78 Å². The fourth-order valence-corrected chi connectivity index (χ4v) is 1.47. The lowest BCUT2D eigenvalue weighted by Crippen LogP contribution is -2.30. The van der Waals surface area contributed by atoms with Gasteiger partial charge in [0.1, 0.15) is 18.8 Å². The van der Waals surface area contributed by atoms with Crippen LogP contribution in [-0.4, -0.2) is 47.5 Å². The average Bonchev–Trinajstić information content (AvgIpc) is 2.68. The summed E-state index contributed by atoms with van der Waals surface area (Å²) >= 11 is 0. The Morgan fingerprint density at radius 3 is 2.82 bits per heavy atom. The van der Waals surface area contributed by atoms with Gasteiger partial charge in [-0.1, -0.05) is 0 Å². The molecule has 0 amide bonds. The van der Waals surface area contributed by atoms with E-state index in [1.807, 2.05) is 14.1 Å². The van der Waals surface area contributed by atoms with Crippen LogP contribution in [0, 0.1) is 0 Å². The molecule has 0 bridgehead atoms. The van der Waals surface area contributed by atoms with Crippen LogP contribution in [0.3, 0.4) is 0 Å². The second kappa shape index (κ2) is 7.29. The minimum absolute atomic E-state index is 0.149. The zero-order valence-corrected chi connectivity index (χ0v) is 10.1. The van der Waals surface area contributed by atoms with Crippen molar-refractivity contribution < 1.29 is 13.5 Å². The Balaban J connectivity index is 2.27. The summed E-state index contributed by atoms with van der Waals surface area (Å²) in [5, 5.41) is 7.08. The summed E-state index contributed by atoms with van der Waals surface area (Å²) in [7, 11) is 3.65. The van der Waals surface area contributed by atoms with Crippen molar-refractivity contribution in [2.45, 2.75) is 25.3 Å². The van der Waals surface area contributed by atoms with Gasteiger partial charge in [-0.3, -0.25) is 4.68 Å².